The maximum atomic E-state index is 11.8. The van der Waals surface area contributed by atoms with Gasteiger partial charge in [-0.1, -0.05) is 6.07 Å². The molecule has 2 N–H and O–H groups in total. The highest BCUT2D eigenvalue weighted by atomic mass is 16.5. The van der Waals surface area contributed by atoms with Crippen LogP contribution in [0.5, 0.6) is 11.5 Å². The zero-order chi connectivity index (χ0) is 15.9. The predicted molar refractivity (Wildman–Crippen MR) is 80.4 cm³/mol. The van der Waals surface area contributed by atoms with Gasteiger partial charge in [0.2, 0.25) is 0 Å². The summed E-state index contributed by atoms with van der Waals surface area (Å²) >= 11 is 0. The number of carbonyl (C=O) groups excluding carboxylic acids is 1. The largest absolute Gasteiger partial charge is 0.493 e. The Hall–Kier alpha value is -2.83. The molecule has 0 fully saturated rings. The van der Waals surface area contributed by atoms with Gasteiger partial charge in [0.25, 0.3) is 11.5 Å². The van der Waals surface area contributed by atoms with Crippen molar-refractivity contribution in [1.82, 2.24) is 15.3 Å². The van der Waals surface area contributed by atoms with Crippen LogP contribution in [-0.2, 0) is 6.42 Å². The molecule has 0 bridgehead atoms. The van der Waals surface area contributed by atoms with E-state index in [1.54, 1.807) is 14.2 Å². The van der Waals surface area contributed by atoms with Crippen LogP contribution in [0.1, 0.15) is 16.1 Å². The third-order valence-corrected chi connectivity index (χ3v) is 3.05. The van der Waals surface area contributed by atoms with Crippen LogP contribution >= 0.6 is 0 Å². The molecule has 2 aromatic rings. The van der Waals surface area contributed by atoms with Gasteiger partial charge in [-0.2, -0.15) is 0 Å². The third kappa shape index (κ3) is 3.85. The fraction of sp³-hybridized carbons (Fsp3) is 0.267. The molecule has 1 aromatic carbocycles. The second kappa shape index (κ2) is 7.26. The number of hydrogen-bond acceptors (Lipinski definition) is 5. The van der Waals surface area contributed by atoms with Gasteiger partial charge in [0.05, 0.1) is 20.4 Å². The van der Waals surface area contributed by atoms with Crippen LogP contribution in [0.25, 0.3) is 0 Å². The highest BCUT2D eigenvalue weighted by molar-refractivity contribution is 5.91. The number of nitrogens with one attached hydrogen (secondary N) is 2. The molecule has 2 rings (SSSR count). The molecule has 116 valence electrons. The van der Waals surface area contributed by atoms with Gasteiger partial charge < -0.3 is 19.8 Å². The average Bonchev–Trinajstić information content (AvgIpc) is 2.55. The van der Waals surface area contributed by atoms with Gasteiger partial charge in [-0.25, -0.2) is 4.98 Å². The molecule has 0 aliphatic carbocycles. The van der Waals surface area contributed by atoms with E-state index in [4.69, 9.17) is 9.47 Å². The summed E-state index contributed by atoms with van der Waals surface area (Å²) in [5, 5.41) is 2.74. The molecule has 0 aliphatic heterocycles. The first-order valence-electron chi connectivity index (χ1n) is 6.68. The highest BCUT2D eigenvalue weighted by Crippen LogP contribution is 2.27. The van der Waals surface area contributed by atoms with Crippen molar-refractivity contribution in [2.45, 2.75) is 6.42 Å². The summed E-state index contributed by atoms with van der Waals surface area (Å²) < 4.78 is 10.4. The molecule has 1 amide bonds. The van der Waals surface area contributed by atoms with Gasteiger partial charge in [-0.15, -0.1) is 0 Å². The molecular weight excluding hydrogens is 286 g/mol. The number of ether oxygens (including phenoxy) is 2. The third-order valence-electron chi connectivity index (χ3n) is 3.05. The van der Waals surface area contributed by atoms with Gasteiger partial charge in [0, 0.05) is 12.7 Å². The molecule has 7 nitrogen and oxygen atoms in total. The molecule has 0 radical (unpaired) electrons. The Morgan fingerprint density at radius 1 is 1.27 bits per heavy atom. The molecule has 0 aliphatic rings. The van der Waals surface area contributed by atoms with E-state index in [-0.39, 0.29) is 17.2 Å². The predicted octanol–water partition coefficient (Wildman–Crippen LogP) is 0.760. The minimum atomic E-state index is -0.345. The summed E-state index contributed by atoms with van der Waals surface area (Å²) in [4.78, 5) is 28.9. The van der Waals surface area contributed by atoms with E-state index in [9.17, 15) is 9.59 Å². The maximum Gasteiger partial charge on any atom is 0.271 e. The second-order valence-electron chi connectivity index (χ2n) is 4.49. The van der Waals surface area contributed by atoms with Crippen LogP contribution in [0.15, 0.2) is 35.4 Å². The summed E-state index contributed by atoms with van der Waals surface area (Å²) in [6.45, 7) is 0.440. The maximum absolute atomic E-state index is 11.8. The summed E-state index contributed by atoms with van der Waals surface area (Å²) in [7, 11) is 3.15. The Morgan fingerprint density at radius 3 is 2.68 bits per heavy atom. The van der Waals surface area contributed by atoms with Crippen LogP contribution < -0.4 is 20.3 Å². The average molecular weight is 303 g/mol. The smallest absolute Gasteiger partial charge is 0.271 e. The van der Waals surface area contributed by atoms with Crippen molar-refractivity contribution in [2.75, 3.05) is 20.8 Å². The number of carbonyl (C=O) groups is 1. The monoisotopic (exact) mass is 303 g/mol. The lowest BCUT2D eigenvalue weighted by atomic mass is 10.1. The summed E-state index contributed by atoms with van der Waals surface area (Å²) in [5.41, 5.74) is 0.834. The summed E-state index contributed by atoms with van der Waals surface area (Å²) in [6, 6.07) is 5.59. The van der Waals surface area contributed by atoms with E-state index in [1.807, 2.05) is 18.2 Å². The number of H-pyrrole nitrogens is 1. The second-order valence-corrected chi connectivity index (χ2v) is 4.49. The Morgan fingerprint density at radius 2 is 2.05 bits per heavy atom. The van der Waals surface area contributed by atoms with Gasteiger partial charge in [-0.05, 0) is 24.1 Å². The quantitative estimate of drug-likeness (QED) is 0.822. The normalized spacial score (nSPS) is 10.1. The van der Waals surface area contributed by atoms with Crippen molar-refractivity contribution >= 4 is 5.91 Å². The first-order chi connectivity index (χ1) is 10.6. The molecule has 0 atom stereocenters. The van der Waals surface area contributed by atoms with Crippen molar-refractivity contribution in [3.63, 3.8) is 0 Å². The first kappa shape index (κ1) is 15.6. The van der Waals surface area contributed by atoms with Crippen LogP contribution in [0.4, 0.5) is 0 Å². The highest BCUT2D eigenvalue weighted by Gasteiger charge is 2.08. The number of aromatic nitrogens is 2. The van der Waals surface area contributed by atoms with E-state index >= 15 is 0 Å². The van der Waals surface area contributed by atoms with Crippen molar-refractivity contribution in [3.05, 3.63) is 52.2 Å². The topological polar surface area (TPSA) is 93.3 Å². The fourth-order valence-corrected chi connectivity index (χ4v) is 1.91. The Balaban J connectivity index is 1.92. The zero-order valence-corrected chi connectivity index (χ0v) is 12.4. The number of methoxy groups -OCH3 is 2. The van der Waals surface area contributed by atoms with Crippen LogP contribution in [0.2, 0.25) is 0 Å². The van der Waals surface area contributed by atoms with E-state index in [1.165, 1.54) is 6.20 Å². The number of rotatable bonds is 6. The van der Waals surface area contributed by atoms with Crippen LogP contribution in [0.3, 0.4) is 0 Å². The molecule has 0 spiro atoms. The number of amides is 1. The lowest BCUT2D eigenvalue weighted by molar-refractivity contribution is 0.0948. The lowest BCUT2D eigenvalue weighted by Crippen LogP contribution is -2.27. The molecule has 1 aromatic heterocycles. The van der Waals surface area contributed by atoms with Gasteiger partial charge in [0.1, 0.15) is 5.69 Å². The fourth-order valence-electron chi connectivity index (χ4n) is 1.91. The minimum Gasteiger partial charge on any atom is -0.493 e. The minimum absolute atomic E-state index is 0.173. The molecule has 0 unspecified atom stereocenters. The number of aromatic amines is 1. The molecule has 1 heterocycles. The van der Waals surface area contributed by atoms with Gasteiger partial charge in [0.15, 0.2) is 11.5 Å². The van der Waals surface area contributed by atoms with E-state index < -0.39 is 0 Å². The van der Waals surface area contributed by atoms with Crippen molar-refractivity contribution in [3.8, 4) is 11.5 Å². The summed E-state index contributed by atoms with van der Waals surface area (Å²) in [6.07, 6.45) is 2.99. The van der Waals surface area contributed by atoms with Crippen molar-refractivity contribution in [1.29, 1.82) is 0 Å². The van der Waals surface area contributed by atoms with Gasteiger partial charge in [-0.3, -0.25) is 9.59 Å². The van der Waals surface area contributed by atoms with Crippen LogP contribution in [0, 0.1) is 0 Å². The number of nitrogens with zero attached hydrogens (tertiary/aromatic N) is 1. The zero-order valence-electron chi connectivity index (χ0n) is 12.4. The Bertz CT molecular complexity index is 692. The number of hydrogen-bond donors (Lipinski definition) is 2. The SMILES string of the molecule is COc1ccc(CCNC(=O)c2c[nH]c(=O)cn2)cc1OC. The van der Waals surface area contributed by atoms with Gasteiger partial charge >= 0.3 is 0 Å². The number of benzene rings is 1. The molecule has 0 saturated heterocycles. The van der Waals surface area contributed by atoms with Crippen molar-refractivity contribution in [2.24, 2.45) is 0 Å². The molecule has 0 saturated carbocycles. The molecule has 22 heavy (non-hydrogen) atoms. The molecule has 7 heteroatoms. The Kier molecular flexibility index (Phi) is 5.13. The standard InChI is InChI=1S/C15H17N3O4/c1-21-12-4-3-10(7-13(12)22-2)5-6-16-15(20)11-8-18-14(19)9-17-11/h3-4,7-9H,5-6H2,1-2H3,(H,16,20)(H,18,19). The molecular formula is C15H17N3O4. The van der Waals surface area contributed by atoms with Crippen LogP contribution in [-0.4, -0.2) is 36.6 Å². The Labute approximate surface area is 127 Å². The van der Waals surface area contributed by atoms with Crippen molar-refractivity contribution < 1.29 is 14.3 Å². The van der Waals surface area contributed by atoms with E-state index in [2.05, 4.69) is 15.3 Å². The first-order valence-corrected chi connectivity index (χ1v) is 6.68. The summed E-state index contributed by atoms with van der Waals surface area (Å²) in [5.74, 6) is 0.970. The van der Waals surface area contributed by atoms with E-state index in [0.717, 1.165) is 11.8 Å². The van der Waals surface area contributed by atoms with E-state index in [0.29, 0.717) is 24.5 Å². The lowest BCUT2D eigenvalue weighted by Gasteiger charge is -2.10.